The van der Waals surface area contributed by atoms with Gasteiger partial charge in [0, 0.05) is 17.5 Å². The lowest BCUT2D eigenvalue weighted by atomic mass is 9.59. The summed E-state index contributed by atoms with van der Waals surface area (Å²) < 4.78 is 0. The number of hydrazone groups is 1. The van der Waals surface area contributed by atoms with Gasteiger partial charge in [-0.1, -0.05) is 0 Å². The van der Waals surface area contributed by atoms with Crippen molar-refractivity contribution in [2.45, 2.75) is 12.8 Å². The minimum absolute atomic E-state index is 0.522. The van der Waals surface area contributed by atoms with Crippen molar-refractivity contribution in [3.63, 3.8) is 0 Å². The Bertz CT molecular complexity index is 440. The van der Waals surface area contributed by atoms with Crippen molar-refractivity contribution in [1.29, 1.82) is 0 Å². The molecule has 0 saturated heterocycles. The predicted molar refractivity (Wildman–Crippen MR) is 57.3 cm³/mol. The molecule has 0 aliphatic heterocycles. The van der Waals surface area contributed by atoms with Gasteiger partial charge in [0.2, 0.25) is 0 Å². The average molecular weight is 217 g/mol. The third-order valence-electron chi connectivity index (χ3n) is 6.34. The third-order valence-corrected chi connectivity index (χ3v) is 6.34. The lowest BCUT2D eigenvalue weighted by Crippen LogP contribution is -2.44. The number of nitrogens with two attached hydrogens (primary N) is 1. The summed E-state index contributed by atoms with van der Waals surface area (Å²) in [4.78, 5) is 10.8. The number of hydrogen-bond donors (Lipinski definition) is 2. The van der Waals surface area contributed by atoms with Gasteiger partial charge in [0.25, 0.3) is 0 Å². The normalized spacial score (nSPS) is 64.4. The lowest BCUT2D eigenvalue weighted by molar-refractivity contribution is 0.0503. The Morgan fingerprint density at radius 1 is 1.12 bits per heavy atom. The Balaban J connectivity index is 1.60. The smallest absolute Gasteiger partial charge is 0.332 e. The first-order valence-corrected chi connectivity index (χ1v) is 6.40. The molecule has 2 amide bonds. The van der Waals surface area contributed by atoms with Crippen LogP contribution in [0.4, 0.5) is 4.79 Å². The molecule has 0 spiro atoms. The molecule has 5 saturated carbocycles. The van der Waals surface area contributed by atoms with E-state index in [2.05, 4.69) is 10.5 Å². The summed E-state index contributed by atoms with van der Waals surface area (Å²) in [5.74, 6) is 7.16. The Hall–Kier alpha value is -1.06. The SMILES string of the molecule is NC(=O)N/N=C1/[C@H]2[C@@H]3C[C@@H]4[C@@H]1[C@@H]1[C@@H]2C[C@@H]3[C@H]41. The van der Waals surface area contributed by atoms with E-state index in [1.807, 2.05) is 0 Å². The second-order valence-electron chi connectivity index (χ2n) is 6.35. The fourth-order valence-corrected chi connectivity index (χ4v) is 6.40. The number of carbonyl (C=O) groups excluding carboxylic acids is 1. The monoisotopic (exact) mass is 217 g/mol. The third kappa shape index (κ3) is 0.590. The maximum absolute atomic E-state index is 10.8. The molecule has 16 heavy (non-hydrogen) atoms. The van der Waals surface area contributed by atoms with Crippen molar-refractivity contribution in [3.05, 3.63) is 0 Å². The van der Waals surface area contributed by atoms with Gasteiger partial charge in [0.05, 0.1) is 0 Å². The van der Waals surface area contributed by atoms with Gasteiger partial charge >= 0.3 is 6.03 Å². The van der Waals surface area contributed by atoms with Crippen LogP contribution in [0.15, 0.2) is 5.10 Å². The van der Waals surface area contributed by atoms with E-state index in [-0.39, 0.29) is 0 Å². The molecule has 5 fully saturated rings. The van der Waals surface area contributed by atoms with Crippen molar-refractivity contribution in [1.82, 2.24) is 5.43 Å². The van der Waals surface area contributed by atoms with Gasteiger partial charge in [-0.15, -0.1) is 0 Å². The number of nitrogens with one attached hydrogen (secondary N) is 1. The number of urea groups is 1. The standard InChI is InChI=1S/C12H15N3O/c13-12(16)15-14-11-8-4-2-5-7-3(4)1-6(8)9(7)10(5)11/h3-10H,1-2H2,(H3,13,15,16)/b14-11-/t3-,4+,5-,6+,7+,8-,9+,10+/m0/s1. The van der Waals surface area contributed by atoms with Gasteiger partial charge in [-0.25, -0.2) is 10.2 Å². The average Bonchev–Trinajstić information content (AvgIpc) is 2.72. The van der Waals surface area contributed by atoms with Crippen LogP contribution in [0.2, 0.25) is 0 Å². The maximum Gasteiger partial charge on any atom is 0.332 e. The van der Waals surface area contributed by atoms with Gasteiger partial charge < -0.3 is 5.73 Å². The fraction of sp³-hybridized carbons (Fsp3) is 0.833. The molecule has 0 heterocycles. The van der Waals surface area contributed by atoms with Crippen molar-refractivity contribution in [2.24, 2.45) is 58.2 Å². The van der Waals surface area contributed by atoms with Gasteiger partial charge in [-0.2, -0.15) is 5.10 Å². The Labute approximate surface area is 93.6 Å². The molecular weight excluding hydrogens is 202 g/mol. The van der Waals surface area contributed by atoms with E-state index in [0.29, 0.717) is 5.92 Å². The van der Waals surface area contributed by atoms with Crippen LogP contribution in [-0.4, -0.2) is 11.7 Å². The van der Waals surface area contributed by atoms with Gasteiger partial charge in [0.1, 0.15) is 0 Å². The number of carbonyl (C=O) groups is 1. The summed E-state index contributed by atoms with van der Waals surface area (Å²) in [5.41, 5.74) is 8.87. The van der Waals surface area contributed by atoms with E-state index in [4.69, 9.17) is 5.73 Å². The predicted octanol–water partition coefficient (Wildman–Crippen LogP) is 0.788. The van der Waals surface area contributed by atoms with E-state index < -0.39 is 6.03 Å². The number of primary amides is 1. The minimum atomic E-state index is -0.522. The summed E-state index contributed by atoms with van der Waals surface area (Å²) >= 11 is 0. The van der Waals surface area contributed by atoms with E-state index in [1.54, 1.807) is 0 Å². The van der Waals surface area contributed by atoms with E-state index in [1.165, 1.54) is 18.6 Å². The van der Waals surface area contributed by atoms with Crippen molar-refractivity contribution in [3.8, 4) is 0 Å². The van der Waals surface area contributed by atoms with Crippen LogP contribution in [0.25, 0.3) is 0 Å². The zero-order valence-corrected chi connectivity index (χ0v) is 8.97. The van der Waals surface area contributed by atoms with Crippen LogP contribution in [0.3, 0.4) is 0 Å². The van der Waals surface area contributed by atoms with E-state index >= 15 is 0 Å². The molecule has 5 aliphatic carbocycles. The van der Waals surface area contributed by atoms with Gasteiger partial charge in [-0.3, -0.25) is 0 Å². The topological polar surface area (TPSA) is 67.5 Å². The molecule has 84 valence electrons. The lowest BCUT2D eigenvalue weighted by Gasteiger charge is -2.44. The highest BCUT2D eigenvalue weighted by atomic mass is 16.2. The molecule has 0 aromatic carbocycles. The molecule has 0 aromatic rings. The molecule has 2 bridgehead atoms. The first-order chi connectivity index (χ1) is 7.77. The molecule has 0 unspecified atom stereocenters. The number of rotatable bonds is 1. The van der Waals surface area contributed by atoms with Crippen LogP contribution in [0.5, 0.6) is 0 Å². The summed E-state index contributed by atoms with van der Waals surface area (Å²) in [7, 11) is 0. The second kappa shape index (κ2) is 2.15. The zero-order chi connectivity index (χ0) is 10.6. The molecule has 8 atom stereocenters. The van der Waals surface area contributed by atoms with Crippen LogP contribution >= 0.6 is 0 Å². The van der Waals surface area contributed by atoms with Crippen LogP contribution in [-0.2, 0) is 0 Å². The molecule has 4 heteroatoms. The highest BCUT2D eigenvalue weighted by Gasteiger charge is 2.79. The van der Waals surface area contributed by atoms with Gasteiger partial charge in [0.15, 0.2) is 0 Å². The minimum Gasteiger partial charge on any atom is -0.350 e. The molecule has 0 aromatic heterocycles. The molecule has 5 rings (SSSR count). The zero-order valence-electron chi connectivity index (χ0n) is 8.97. The summed E-state index contributed by atoms with van der Waals surface area (Å²) in [6.45, 7) is 0. The Morgan fingerprint density at radius 3 is 2.69 bits per heavy atom. The Morgan fingerprint density at radius 2 is 1.88 bits per heavy atom. The highest BCUT2D eigenvalue weighted by molar-refractivity contribution is 5.96. The van der Waals surface area contributed by atoms with Crippen molar-refractivity contribution >= 4 is 11.7 Å². The van der Waals surface area contributed by atoms with Crippen LogP contribution in [0.1, 0.15) is 12.8 Å². The number of hydrogen-bond acceptors (Lipinski definition) is 2. The van der Waals surface area contributed by atoms with Crippen LogP contribution < -0.4 is 11.2 Å². The maximum atomic E-state index is 10.8. The summed E-state index contributed by atoms with van der Waals surface area (Å²) in [6.07, 6.45) is 2.90. The fourth-order valence-electron chi connectivity index (χ4n) is 6.40. The second-order valence-corrected chi connectivity index (χ2v) is 6.35. The van der Waals surface area contributed by atoms with E-state index in [9.17, 15) is 4.79 Å². The van der Waals surface area contributed by atoms with E-state index in [0.717, 1.165) is 41.4 Å². The molecule has 3 N–H and O–H groups in total. The molecular formula is C12H15N3O. The molecule has 4 nitrogen and oxygen atoms in total. The number of fused-ring (bicyclic) bond motifs is 2. The quantitative estimate of drug-likeness (QED) is 0.626. The van der Waals surface area contributed by atoms with Crippen molar-refractivity contribution < 1.29 is 4.79 Å². The van der Waals surface area contributed by atoms with Gasteiger partial charge in [-0.05, 0) is 48.3 Å². The largest absolute Gasteiger partial charge is 0.350 e. The first kappa shape index (κ1) is 8.09. The first-order valence-electron chi connectivity index (χ1n) is 6.40. The number of amides is 2. The molecule has 0 radical (unpaired) electrons. The highest BCUT2D eigenvalue weighted by Crippen LogP contribution is 2.81. The van der Waals surface area contributed by atoms with Crippen molar-refractivity contribution in [2.75, 3.05) is 0 Å². The number of nitrogens with zero attached hydrogens (tertiary/aromatic N) is 1. The molecule has 5 aliphatic rings. The Kier molecular flexibility index (Phi) is 1.09. The van der Waals surface area contributed by atoms with Crippen LogP contribution in [0, 0.1) is 47.3 Å². The summed E-state index contributed by atoms with van der Waals surface area (Å²) in [5, 5.41) is 4.33. The summed E-state index contributed by atoms with van der Waals surface area (Å²) in [6, 6.07) is -0.522.